The zero-order valence-corrected chi connectivity index (χ0v) is 65.3. The molecule has 7 aromatic heterocycles. The van der Waals surface area contributed by atoms with Gasteiger partial charge in [0, 0.05) is 95.4 Å². The molecule has 7 nitrogen and oxygen atoms in total. The number of benzene rings is 17. The van der Waals surface area contributed by atoms with Gasteiger partial charge in [0.05, 0.1) is 38.6 Å². The van der Waals surface area contributed by atoms with Crippen LogP contribution in [0.2, 0.25) is 0 Å². The van der Waals surface area contributed by atoms with Gasteiger partial charge in [0.2, 0.25) is 0 Å². The average Bonchev–Trinajstić information content (AvgIpc) is 1.52. The second-order valence-corrected chi connectivity index (χ2v) is 33.3. The van der Waals surface area contributed by atoms with Gasteiger partial charge >= 0.3 is 0 Å². The lowest BCUT2D eigenvalue weighted by Gasteiger charge is -2.25. The van der Waals surface area contributed by atoms with Crippen molar-refractivity contribution in [2.24, 2.45) is 0 Å². The number of hydrogen-bond donors (Lipinski definition) is 0. The molecule has 2 aliphatic carbocycles. The van der Waals surface area contributed by atoms with Crippen molar-refractivity contribution in [1.29, 1.82) is 0 Å². The van der Waals surface area contributed by atoms with Crippen LogP contribution in [0, 0.1) is 0 Å². The summed E-state index contributed by atoms with van der Waals surface area (Å²) < 4.78 is 9.45. The number of fused-ring (bicyclic) bond motifs is 33. The van der Waals surface area contributed by atoms with Crippen LogP contribution in [0.4, 0.5) is 0 Å². The molecule has 0 saturated heterocycles. The van der Waals surface area contributed by atoms with Crippen molar-refractivity contribution in [3.05, 3.63) is 393 Å². The van der Waals surface area contributed by atoms with E-state index in [1.807, 2.05) is 36.8 Å². The van der Waals surface area contributed by atoms with Gasteiger partial charge in [-0.25, -0.2) is 9.97 Å². The Morgan fingerprint density at radius 2 is 0.602 bits per heavy atom. The second kappa shape index (κ2) is 24.7. The SMILES string of the molecule is CC1(C)c2c(ccc3c4ccccc4c4ccccc4c23)-c2ccc3c(c21)c1cc(-c2cnc4c(c2)c2cccnc2n4-c2ccccc2)ccc1n3-c1ccccc1.CC1(C)c2cc3c(cc2-c2ccc4c5ccccc5c5ccccc5c4c21)c1ccc(-c2ccc4c5ncccc5n(-c5ccccc5)c4c2)cc1n3-c1ccccc1. The summed E-state index contributed by atoms with van der Waals surface area (Å²) in [6.07, 6.45) is 5.79. The van der Waals surface area contributed by atoms with Gasteiger partial charge in [-0.1, -0.05) is 252 Å². The molecular formula is C111H73N7. The highest BCUT2D eigenvalue weighted by molar-refractivity contribution is 6.30. The molecule has 7 heterocycles. The molecule has 17 aromatic carbocycles. The smallest absolute Gasteiger partial charge is 0.146 e. The third-order valence-electron chi connectivity index (χ3n) is 26.4. The molecule has 0 spiro atoms. The molecular weight excluding hydrogens is 1430 g/mol. The number of aromatic nitrogens is 7. The predicted molar refractivity (Wildman–Crippen MR) is 495 cm³/mol. The summed E-state index contributed by atoms with van der Waals surface area (Å²) in [5.74, 6) is 0. The van der Waals surface area contributed by atoms with Crippen LogP contribution in [0.15, 0.2) is 370 Å². The van der Waals surface area contributed by atoms with E-state index in [0.717, 1.165) is 77.9 Å². The van der Waals surface area contributed by atoms with Crippen LogP contribution in [0.5, 0.6) is 0 Å². The zero-order valence-electron chi connectivity index (χ0n) is 65.3. The van der Waals surface area contributed by atoms with E-state index in [-0.39, 0.29) is 10.8 Å². The van der Waals surface area contributed by atoms with Crippen LogP contribution in [-0.4, -0.2) is 33.2 Å². The summed E-state index contributed by atoms with van der Waals surface area (Å²) in [5, 5.41) is 24.3. The fourth-order valence-corrected chi connectivity index (χ4v) is 21.4. The first kappa shape index (κ1) is 66.4. The lowest BCUT2D eigenvalue weighted by Crippen LogP contribution is -2.16. The van der Waals surface area contributed by atoms with Gasteiger partial charge in [0.15, 0.2) is 0 Å². The summed E-state index contributed by atoms with van der Waals surface area (Å²) in [7, 11) is 0. The van der Waals surface area contributed by atoms with Gasteiger partial charge in [-0.15, -0.1) is 0 Å². The Morgan fingerprint density at radius 3 is 1.19 bits per heavy atom. The van der Waals surface area contributed by atoms with Gasteiger partial charge in [0.25, 0.3) is 0 Å². The first-order valence-electron chi connectivity index (χ1n) is 41.0. The van der Waals surface area contributed by atoms with Crippen molar-refractivity contribution >= 4 is 152 Å². The van der Waals surface area contributed by atoms with Crippen molar-refractivity contribution in [3.63, 3.8) is 0 Å². The van der Waals surface area contributed by atoms with Crippen molar-refractivity contribution < 1.29 is 0 Å². The van der Waals surface area contributed by atoms with Gasteiger partial charge in [0.1, 0.15) is 11.3 Å². The van der Waals surface area contributed by atoms with Crippen LogP contribution in [-0.2, 0) is 10.8 Å². The first-order valence-corrected chi connectivity index (χ1v) is 41.0. The maximum absolute atomic E-state index is 5.17. The Balaban J connectivity index is 0.000000131. The van der Waals surface area contributed by atoms with Crippen molar-refractivity contribution in [2.75, 3.05) is 0 Å². The number of rotatable bonds is 6. The summed E-state index contributed by atoms with van der Waals surface area (Å²) in [4.78, 5) is 14.8. The third-order valence-corrected chi connectivity index (χ3v) is 26.4. The van der Waals surface area contributed by atoms with Crippen LogP contribution >= 0.6 is 0 Å². The lowest BCUT2D eigenvalue weighted by molar-refractivity contribution is 0.667. The van der Waals surface area contributed by atoms with Crippen molar-refractivity contribution in [2.45, 2.75) is 38.5 Å². The highest BCUT2D eigenvalue weighted by atomic mass is 15.1. The van der Waals surface area contributed by atoms with Gasteiger partial charge < -0.3 is 13.7 Å². The number of nitrogens with zero attached hydrogens (tertiary/aromatic N) is 7. The number of pyridine rings is 3. The Hall–Kier alpha value is -15.1. The van der Waals surface area contributed by atoms with Crippen LogP contribution in [0.1, 0.15) is 49.9 Å². The molecule has 2 aliphatic rings. The lowest BCUT2D eigenvalue weighted by atomic mass is 9.77. The number of hydrogen-bond acceptors (Lipinski definition) is 3. The van der Waals surface area contributed by atoms with E-state index < -0.39 is 0 Å². The molecule has 118 heavy (non-hydrogen) atoms. The minimum atomic E-state index is -0.298. The zero-order chi connectivity index (χ0) is 78.0. The van der Waals surface area contributed by atoms with E-state index in [1.54, 1.807) is 0 Å². The summed E-state index contributed by atoms with van der Waals surface area (Å²) in [6, 6.07) is 129. The standard InChI is InChI=1S/C56H37N3.C55H36N4/c1-56(2)48-33-52-47(32-46(48)44-28-27-43-40-20-10-9-18-38(40)39-19-11-12-21-42(39)53(43)54(44)56)41-25-23-34(30-50(41)59(52)37-16-7-4-8-17-37)35-24-26-45-51(31-35)58(36-14-5-3-6-15-36)49-22-13-29-57-55(45)49;1-55(2)51-42(25-24-41-39-20-10-9-18-37(39)38-19-11-12-21-40(38)49(41)51)43-26-28-48-50(52(43)55)46-30-33(23-27-47(46)58(48)35-14-5-3-6-15-35)34-31-45-44-22-13-29-56-53(44)59(54(45)57-32-34)36-16-7-4-8-17-36/h3-33H,1-2H3;3-32H,1-2H3. The fourth-order valence-electron chi connectivity index (χ4n) is 21.4. The molecule has 7 heteroatoms. The Labute approximate surface area is 679 Å². The average molecular weight is 1500 g/mol. The molecule has 26 rings (SSSR count). The highest BCUT2D eigenvalue weighted by Crippen LogP contribution is 2.59. The Morgan fingerprint density at radius 1 is 0.212 bits per heavy atom. The summed E-state index contributed by atoms with van der Waals surface area (Å²) in [5.41, 5.74) is 29.4. The normalized spacial score (nSPS) is 13.4. The predicted octanol–water partition coefficient (Wildman–Crippen LogP) is 28.8. The topological polar surface area (TPSA) is 58.4 Å². The first-order chi connectivity index (χ1) is 58.1. The van der Waals surface area contributed by atoms with E-state index in [1.165, 1.54) is 164 Å². The maximum Gasteiger partial charge on any atom is 0.146 e. The molecule has 0 saturated carbocycles. The minimum Gasteiger partial charge on any atom is -0.309 e. The van der Waals surface area contributed by atoms with Crippen molar-refractivity contribution in [3.8, 4) is 67.3 Å². The van der Waals surface area contributed by atoms with Gasteiger partial charge in [-0.3, -0.25) is 9.55 Å². The molecule has 0 bridgehead atoms. The van der Waals surface area contributed by atoms with Crippen molar-refractivity contribution in [1.82, 2.24) is 33.2 Å². The number of para-hydroxylation sites is 4. The molecule has 0 radical (unpaired) electrons. The van der Waals surface area contributed by atoms with Crippen LogP contribution < -0.4 is 0 Å². The Kier molecular flexibility index (Phi) is 13.9. The summed E-state index contributed by atoms with van der Waals surface area (Å²) >= 11 is 0. The summed E-state index contributed by atoms with van der Waals surface area (Å²) in [6.45, 7) is 9.76. The molecule has 24 aromatic rings. The van der Waals surface area contributed by atoms with Crippen LogP contribution in [0.25, 0.3) is 220 Å². The monoisotopic (exact) mass is 1500 g/mol. The second-order valence-electron chi connectivity index (χ2n) is 33.3. The maximum atomic E-state index is 5.17. The van der Waals surface area contributed by atoms with Crippen LogP contribution in [0.3, 0.4) is 0 Å². The Bertz CT molecular complexity index is 8400. The third kappa shape index (κ3) is 9.26. The van der Waals surface area contributed by atoms with Gasteiger partial charge in [-0.2, -0.15) is 0 Å². The van der Waals surface area contributed by atoms with E-state index in [9.17, 15) is 0 Å². The molecule has 0 aliphatic heterocycles. The molecule has 0 fully saturated rings. The van der Waals surface area contributed by atoms with E-state index in [2.05, 4.69) is 380 Å². The van der Waals surface area contributed by atoms with E-state index >= 15 is 0 Å². The largest absolute Gasteiger partial charge is 0.309 e. The van der Waals surface area contributed by atoms with Gasteiger partial charge in [-0.05, 0) is 253 Å². The molecule has 0 N–H and O–H groups in total. The molecule has 0 amide bonds. The molecule has 0 unspecified atom stereocenters. The molecule has 552 valence electrons. The quantitative estimate of drug-likeness (QED) is 0.156. The highest BCUT2D eigenvalue weighted by Gasteiger charge is 2.42. The minimum absolute atomic E-state index is 0.228. The molecule has 0 atom stereocenters. The fraction of sp³-hybridized carbons (Fsp3) is 0.0541. The van der Waals surface area contributed by atoms with E-state index in [0.29, 0.717) is 0 Å². The van der Waals surface area contributed by atoms with E-state index in [4.69, 9.17) is 15.0 Å².